The van der Waals surface area contributed by atoms with Gasteiger partial charge in [-0.1, -0.05) is 30.3 Å². The minimum absolute atomic E-state index is 0.161. The monoisotopic (exact) mass is 277 g/mol. The number of Topliss-reactive ketones (excluding diaryl/α,β-unsaturated/α-hetero) is 1. The van der Waals surface area contributed by atoms with Gasteiger partial charge in [0.25, 0.3) is 0 Å². The number of fused-ring (bicyclic) bond motifs is 1. The van der Waals surface area contributed by atoms with Crippen LogP contribution in [0.3, 0.4) is 0 Å². The van der Waals surface area contributed by atoms with Gasteiger partial charge in [-0.25, -0.2) is 0 Å². The van der Waals surface area contributed by atoms with Crippen LogP contribution in [0, 0.1) is 20.8 Å². The van der Waals surface area contributed by atoms with Crippen LogP contribution in [-0.4, -0.2) is 10.8 Å². The van der Waals surface area contributed by atoms with E-state index >= 15 is 0 Å². The van der Waals surface area contributed by atoms with Gasteiger partial charge >= 0.3 is 0 Å². The van der Waals surface area contributed by atoms with Crippen molar-refractivity contribution < 1.29 is 4.79 Å². The molecule has 2 nitrogen and oxygen atoms in total. The molecule has 0 saturated carbocycles. The van der Waals surface area contributed by atoms with E-state index < -0.39 is 0 Å². The Kier molecular flexibility index (Phi) is 3.38. The van der Waals surface area contributed by atoms with Crippen LogP contribution in [0.5, 0.6) is 0 Å². The number of ketones is 1. The van der Waals surface area contributed by atoms with Crippen molar-refractivity contribution >= 4 is 16.7 Å². The van der Waals surface area contributed by atoms with Crippen molar-refractivity contribution in [1.82, 2.24) is 4.98 Å². The number of aromatic nitrogens is 1. The van der Waals surface area contributed by atoms with Crippen molar-refractivity contribution in [3.8, 4) is 0 Å². The molecule has 3 rings (SSSR count). The molecule has 0 aliphatic carbocycles. The molecule has 0 atom stereocenters. The number of carbonyl (C=O) groups is 1. The molecule has 0 aliphatic rings. The Labute approximate surface area is 124 Å². The summed E-state index contributed by atoms with van der Waals surface area (Å²) in [6.45, 7) is 6.22. The third-order valence-electron chi connectivity index (χ3n) is 4.07. The molecular formula is C19H19NO. The highest BCUT2D eigenvalue weighted by Crippen LogP contribution is 2.21. The molecule has 106 valence electrons. The lowest BCUT2D eigenvalue weighted by molar-refractivity contribution is 0.0994. The van der Waals surface area contributed by atoms with E-state index in [0.717, 1.165) is 22.0 Å². The normalized spacial score (nSPS) is 11.0. The zero-order valence-electron chi connectivity index (χ0n) is 12.7. The summed E-state index contributed by atoms with van der Waals surface area (Å²) in [5.74, 6) is 0.161. The molecule has 1 N–H and O–H groups in total. The van der Waals surface area contributed by atoms with Gasteiger partial charge in [0.2, 0.25) is 0 Å². The smallest absolute Gasteiger partial charge is 0.169 e. The standard InChI is InChI=1S/C19H19NO/c1-12-4-7-16-17(11-20-18(16)8-12)19(21)10-15-6-5-13(2)14(3)9-15/h4-9,11,20H,10H2,1-3H3. The summed E-state index contributed by atoms with van der Waals surface area (Å²) in [5, 5.41) is 1.01. The van der Waals surface area contributed by atoms with Gasteiger partial charge in [0.1, 0.15) is 0 Å². The van der Waals surface area contributed by atoms with Crippen LogP contribution in [0.2, 0.25) is 0 Å². The van der Waals surface area contributed by atoms with E-state index in [1.165, 1.54) is 16.7 Å². The van der Waals surface area contributed by atoms with Gasteiger partial charge in [0, 0.05) is 29.1 Å². The Bertz CT molecular complexity index is 827. The topological polar surface area (TPSA) is 32.9 Å². The predicted molar refractivity (Wildman–Crippen MR) is 87.0 cm³/mol. The number of carbonyl (C=O) groups excluding carboxylic acids is 1. The Balaban J connectivity index is 1.91. The molecule has 0 saturated heterocycles. The van der Waals surface area contributed by atoms with E-state index in [0.29, 0.717) is 6.42 Å². The first kappa shape index (κ1) is 13.6. The van der Waals surface area contributed by atoms with Crippen LogP contribution in [-0.2, 0) is 6.42 Å². The number of benzene rings is 2. The molecule has 1 aromatic heterocycles. The molecule has 21 heavy (non-hydrogen) atoms. The van der Waals surface area contributed by atoms with Crippen LogP contribution >= 0.6 is 0 Å². The summed E-state index contributed by atoms with van der Waals surface area (Å²) in [6.07, 6.45) is 2.27. The Morgan fingerprint density at radius 1 is 1.00 bits per heavy atom. The maximum absolute atomic E-state index is 12.6. The van der Waals surface area contributed by atoms with Crippen molar-refractivity contribution in [3.63, 3.8) is 0 Å². The Morgan fingerprint density at radius 3 is 2.57 bits per heavy atom. The second-order valence-electron chi connectivity index (χ2n) is 5.77. The number of hydrogen-bond acceptors (Lipinski definition) is 1. The van der Waals surface area contributed by atoms with Crippen LogP contribution in [0.4, 0.5) is 0 Å². The molecule has 0 unspecified atom stereocenters. The quantitative estimate of drug-likeness (QED) is 0.701. The third kappa shape index (κ3) is 2.62. The molecular weight excluding hydrogens is 258 g/mol. The van der Waals surface area contributed by atoms with Gasteiger partial charge in [-0.15, -0.1) is 0 Å². The average Bonchev–Trinajstić information content (AvgIpc) is 2.85. The molecule has 1 heterocycles. The zero-order chi connectivity index (χ0) is 15.0. The summed E-state index contributed by atoms with van der Waals surface area (Å²) in [4.78, 5) is 15.7. The maximum atomic E-state index is 12.6. The summed E-state index contributed by atoms with van der Waals surface area (Å²) in [7, 11) is 0. The van der Waals surface area contributed by atoms with E-state index in [-0.39, 0.29) is 5.78 Å². The number of nitrogens with one attached hydrogen (secondary N) is 1. The molecule has 0 aliphatic heterocycles. The largest absolute Gasteiger partial charge is 0.360 e. The van der Waals surface area contributed by atoms with Crippen LogP contribution in [0.1, 0.15) is 32.6 Å². The zero-order valence-corrected chi connectivity index (χ0v) is 12.7. The first-order valence-corrected chi connectivity index (χ1v) is 7.21. The lowest BCUT2D eigenvalue weighted by Gasteiger charge is -2.04. The highest BCUT2D eigenvalue weighted by Gasteiger charge is 2.13. The minimum Gasteiger partial charge on any atom is -0.360 e. The first-order chi connectivity index (χ1) is 10.0. The second kappa shape index (κ2) is 5.21. The van der Waals surface area contributed by atoms with Crippen molar-refractivity contribution in [2.24, 2.45) is 0 Å². The fourth-order valence-electron chi connectivity index (χ4n) is 2.66. The number of H-pyrrole nitrogens is 1. The lowest BCUT2D eigenvalue weighted by atomic mass is 9.99. The summed E-state index contributed by atoms with van der Waals surface area (Å²) < 4.78 is 0. The molecule has 3 aromatic rings. The number of aromatic amines is 1. The SMILES string of the molecule is Cc1ccc2c(C(=O)Cc3ccc(C)c(C)c3)c[nH]c2c1. The highest BCUT2D eigenvalue weighted by atomic mass is 16.1. The average molecular weight is 277 g/mol. The van der Waals surface area contributed by atoms with Crippen molar-refractivity contribution in [3.05, 3.63) is 70.4 Å². The summed E-state index contributed by atoms with van der Waals surface area (Å²) in [6, 6.07) is 12.4. The third-order valence-corrected chi connectivity index (χ3v) is 4.07. The van der Waals surface area contributed by atoms with E-state index in [4.69, 9.17) is 0 Å². The van der Waals surface area contributed by atoms with Crippen molar-refractivity contribution in [1.29, 1.82) is 0 Å². The van der Waals surface area contributed by atoms with Gasteiger partial charge in [0.15, 0.2) is 5.78 Å². The minimum atomic E-state index is 0.161. The summed E-state index contributed by atoms with van der Waals surface area (Å²) in [5.41, 5.74) is 6.56. The molecule has 0 amide bonds. The lowest BCUT2D eigenvalue weighted by Crippen LogP contribution is -2.03. The van der Waals surface area contributed by atoms with Gasteiger partial charge in [-0.05, 0) is 49.1 Å². The van der Waals surface area contributed by atoms with Gasteiger partial charge in [-0.2, -0.15) is 0 Å². The van der Waals surface area contributed by atoms with Crippen molar-refractivity contribution in [2.75, 3.05) is 0 Å². The molecule has 0 fully saturated rings. The molecule has 0 spiro atoms. The summed E-state index contributed by atoms with van der Waals surface area (Å²) >= 11 is 0. The molecule has 2 aromatic carbocycles. The first-order valence-electron chi connectivity index (χ1n) is 7.21. The van der Waals surface area contributed by atoms with Crippen molar-refractivity contribution in [2.45, 2.75) is 27.2 Å². The maximum Gasteiger partial charge on any atom is 0.169 e. The highest BCUT2D eigenvalue weighted by molar-refractivity contribution is 6.08. The number of aryl methyl sites for hydroxylation is 3. The number of hydrogen-bond donors (Lipinski definition) is 1. The van der Waals surface area contributed by atoms with Crippen LogP contribution in [0.15, 0.2) is 42.6 Å². The molecule has 2 heteroatoms. The second-order valence-corrected chi connectivity index (χ2v) is 5.77. The van der Waals surface area contributed by atoms with Gasteiger partial charge in [-0.3, -0.25) is 4.79 Å². The van der Waals surface area contributed by atoms with Gasteiger partial charge < -0.3 is 4.98 Å². The predicted octanol–water partition coefficient (Wildman–Crippen LogP) is 4.52. The Morgan fingerprint density at radius 2 is 1.81 bits per heavy atom. The van der Waals surface area contributed by atoms with E-state index in [9.17, 15) is 4.79 Å². The molecule has 0 bridgehead atoms. The van der Waals surface area contributed by atoms with Gasteiger partial charge in [0.05, 0.1) is 0 Å². The fraction of sp³-hybridized carbons (Fsp3) is 0.211. The number of rotatable bonds is 3. The van der Waals surface area contributed by atoms with E-state index in [1.54, 1.807) is 0 Å². The van der Waals surface area contributed by atoms with E-state index in [2.05, 4.69) is 44.0 Å². The Hall–Kier alpha value is -2.35. The van der Waals surface area contributed by atoms with E-state index in [1.807, 2.05) is 24.4 Å². The fourth-order valence-corrected chi connectivity index (χ4v) is 2.66. The molecule has 0 radical (unpaired) electrons. The van der Waals surface area contributed by atoms with Crippen LogP contribution in [0.25, 0.3) is 10.9 Å². The van der Waals surface area contributed by atoms with Crippen LogP contribution < -0.4 is 0 Å².